The van der Waals surface area contributed by atoms with Gasteiger partial charge in [-0.25, -0.2) is 0 Å². The molecule has 1 aliphatic rings. The zero-order valence-electron chi connectivity index (χ0n) is 10.9. The molecule has 0 aromatic carbocycles. The van der Waals surface area contributed by atoms with Crippen molar-refractivity contribution in [2.75, 3.05) is 7.05 Å². The molecule has 0 spiro atoms. The van der Waals surface area contributed by atoms with Crippen molar-refractivity contribution in [3.63, 3.8) is 0 Å². The van der Waals surface area contributed by atoms with Gasteiger partial charge in [-0.2, -0.15) is 0 Å². The number of nitrogens with two attached hydrogens (primary N) is 1. The van der Waals surface area contributed by atoms with Gasteiger partial charge in [0.1, 0.15) is 0 Å². The molecule has 0 bridgehead atoms. The van der Waals surface area contributed by atoms with Gasteiger partial charge in [-0.05, 0) is 31.9 Å². The summed E-state index contributed by atoms with van der Waals surface area (Å²) in [4.78, 5) is 16.6. The molecule has 102 valence electrons. The summed E-state index contributed by atoms with van der Waals surface area (Å²) in [7, 11) is 1.85. The first-order valence-corrected chi connectivity index (χ1v) is 6.93. The van der Waals surface area contributed by atoms with Crippen LogP contribution < -0.4 is 5.73 Å². The summed E-state index contributed by atoms with van der Waals surface area (Å²) >= 11 is 1.74. The highest BCUT2D eigenvalue weighted by Gasteiger charge is 2.38. The molecule has 0 radical (unpaired) electrons. The van der Waals surface area contributed by atoms with E-state index in [0.29, 0.717) is 6.54 Å². The molecule has 2 N–H and O–H groups in total. The Morgan fingerprint density at radius 2 is 2.06 bits per heavy atom. The van der Waals surface area contributed by atoms with Gasteiger partial charge in [-0.1, -0.05) is 12.8 Å². The van der Waals surface area contributed by atoms with Crippen molar-refractivity contribution < 1.29 is 4.79 Å². The largest absolute Gasteiger partial charge is 0.339 e. The zero-order chi connectivity index (χ0) is 12.5. The van der Waals surface area contributed by atoms with E-state index in [0.717, 1.165) is 25.7 Å². The molecule has 18 heavy (non-hydrogen) atoms. The van der Waals surface area contributed by atoms with Crippen molar-refractivity contribution in [3.8, 4) is 0 Å². The van der Waals surface area contributed by atoms with Gasteiger partial charge in [0.2, 0.25) is 5.91 Å². The summed E-state index contributed by atoms with van der Waals surface area (Å²) in [5.41, 5.74) is 5.58. The summed E-state index contributed by atoms with van der Waals surface area (Å²) in [6.45, 7) is 2.76. The first kappa shape index (κ1) is 15.5. The number of hydrogen-bond donors (Lipinski definition) is 1. The van der Waals surface area contributed by atoms with Gasteiger partial charge in [0.25, 0.3) is 0 Å². The number of rotatable bonds is 3. The smallest absolute Gasteiger partial charge is 0.242 e. The monoisotopic (exact) mass is 288 g/mol. The van der Waals surface area contributed by atoms with Gasteiger partial charge in [0, 0.05) is 16.8 Å². The van der Waals surface area contributed by atoms with E-state index < -0.39 is 5.54 Å². The fourth-order valence-corrected chi connectivity index (χ4v) is 3.42. The van der Waals surface area contributed by atoms with Crippen molar-refractivity contribution >= 4 is 29.7 Å². The molecule has 1 saturated carbocycles. The number of amides is 1. The molecular formula is C13H21ClN2OS. The van der Waals surface area contributed by atoms with Crippen LogP contribution in [-0.2, 0) is 11.3 Å². The van der Waals surface area contributed by atoms with Crippen LogP contribution in [0.3, 0.4) is 0 Å². The summed E-state index contributed by atoms with van der Waals surface area (Å²) in [5.74, 6) is 0.0982. The lowest BCUT2D eigenvalue weighted by atomic mass is 9.97. The van der Waals surface area contributed by atoms with Crippen LogP contribution in [-0.4, -0.2) is 23.4 Å². The maximum absolute atomic E-state index is 12.3. The Morgan fingerprint density at radius 1 is 1.44 bits per heavy atom. The Hall–Kier alpha value is -0.580. The lowest BCUT2D eigenvalue weighted by Gasteiger charge is -2.28. The number of halogens is 1. The summed E-state index contributed by atoms with van der Waals surface area (Å²) in [6, 6.07) is 4.17. The molecule has 1 heterocycles. The van der Waals surface area contributed by atoms with Crippen LogP contribution in [0.25, 0.3) is 0 Å². The number of likely N-dealkylation sites (N-methyl/N-ethyl adjacent to an activating group) is 1. The summed E-state index contributed by atoms with van der Waals surface area (Å²) < 4.78 is 0. The van der Waals surface area contributed by atoms with Crippen molar-refractivity contribution in [1.82, 2.24) is 4.90 Å². The molecule has 0 saturated heterocycles. The van der Waals surface area contributed by atoms with Crippen molar-refractivity contribution in [3.05, 3.63) is 21.9 Å². The van der Waals surface area contributed by atoms with E-state index in [1.54, 1.807) is 16.2 Å². The number of aryl methyl sites for hydroxylation is 1. The zero-order valence-corrected chi connectivity index (χ0v) is 12.6. The summed E-state index contributed by atoms with van der Waals surface area (Å²) in [5, 5.41) is 0. The highest BCUT2D eigenvalue weighted by atomic mass is 35.5. The molecule has 0 aliphatic heterocycles. The second-order valence-corrected chi connectivity index (χ2v) is 6.41. The minimum absolute atomic E-state index is 0. The lowest BCUT2D eigenvalue weighted by molar-refractivity contribution is -0.136. The maximum atomic E-state index is 12.3. The molecule has 1 aromatic rings. The molecular weight excluding hydrogens is 268 g/mol. The van der Waals surface area contributed by atoms with E-state index in [2.05, 4.69) is 19.1 Å². The van der Waals surface area contributed by atoms with Crippen LogP contribution >= 0.6 is 23.7 Å². The highest BCUT2D eigenvalue weighted by molar-refractivity contribution is 7.11. The van der Waals surface area contributed by atoms with E-state index in [9.17, 15) is 4.79 Å². The maximum Gasteiger partial charge on any atom is 0.242 e. The van der Waals surface area contributed by atoms with E-state index in [1.165, 1.54) is 9.75 Å². The number of thiophene rings is 1. The van der Waals surface area contributed by atoms with Crippen LogP contribution in [0.4, 0.5) is 0 Å². The predicted molar refractivity (Wildman–Crippen MR) is 78.2 cm³/mol. The van der Waals surface area contributed by atoms with E-state index in [-0.39, 0.29) is 18.3 Å². The number of hydrogen-bond acceptors (Lipinski definition) is 3. The average molecular weight is 289 g/mol. The fourth-order valence-electron chi connectivity index (χ4n) is 2.48. The van der Waals surface area contributed by atoms with E-state index >= 15 is 0 Å². The second kappa shape index (κ2) is 6.04. The minimum Gasteiger partial charge on any atom is -0.339 e. The Kier molecular flexibility index (Phi) is 5.20. The molecule has 1 amide bonds. The fraction of sp³-hybridized carbons (Fsp3) is 0.615. The minimum atomic E-state index is -0.596. The molecule has 3 nitrogen and oxygen atoms in total. The van der Waals surface area contributed by atoms with E-state index in [4.69, 9.17) is 5.73 Å². The molecule has 0 atom stereocenters. The van der Waals surface area contributed by atoms with Crippen LogP contribution in [0.1, 0.15) is 35.4 Å². The topological polar surface area (TPSA) is 46.3 Å². The third-order valence-corrected chi connectivity index (χ3v) is 4.44. The molecule has 1 fully saturated rings. The van der Waals surface area contributed by atoms with Crippen molar-refractivity contribution in [2.45, 2.75) is 44.7 Å². The third-order valence-electron chi connectivity index (χ3n) is 3.46. The quantitative estimate of drug-likeness (QED) is 0.929. The van der Waals surface area contributed by atoms with Crippen LogP contribution in [0.15, 0.2) is 12.1 Å². The van der Waals surface area contributed by atoms with E-state index in [1.807, 2.05) is 7.05 Å². The summed E-state index contributed by atoms with van der Waals surface area (Å²) in [6.07, 6.45) is 3.82. The van der Waals surface area contributed by atoms with Gasteiger partial charge < -0.3 is 10.6 Å². The number of carbonyl (C=O) groups excluding carboxylic acids is 1. The molecule has 0 unspecified atom stereocenters. The van der Waals surface area contributed by atoms with Gasteiger partial charge >= 0.3 is 0 Å². The number of nitrogens with zero attached hydrogens (tertiary/aromatic N) is 1. The molecule has 2 rings (SSSR count). The van der Waals surface area contributed by atoms with Gasteiger partial charge in [-0.3, -0.25) is 4.79 Å². The normalized spacial score (nSPS) is 17.3. The number of carbonyl (C=O) groups is 1. The highest BCUT2D eigenvalue weighted by Crippen LogP contribution is 2.29. The first-order chi connectivity index (χ1) is 8.01. The predicted octanol–water partition coefficient (Wildman–Crippen LogP) is 2.71. The van der Waals surface area contributed by atoms with Crippen molar-refractivity contribution in [2.24, 2.45) is 5.73 Å². The third kappa shape index (κ3) is 3.25. The second-order valence-electron chi connectivity index (χ2n) is 5.04. The van der Waals surface area contributed by atoms with Gasteiger partial charge in [-0.15, -0.1) is 23.7 Å². The lowest BCUT2D eigenvalue weighted by Crippen LogP contribution is -2.52. The Balaban J connectivity index is 0.00000162. The Morgan fingerprint density at radius 3 is 2.56 bits per heavy atom. The first-order valence-electron chi connectivity index (χ1n) is 6.11. The van der Waals surface area contributed by atoms with Gasteiger partial charge in [0.05, 0.1) is 12.1 Å². The Labute approximate surface area is 119 Å². The standard InChI is InChI=1S/C13H20N2OS.ClH/c1-10-5-6-11(17-10)9-15(2)12(16)13(14)7-3-4-8-13;/h5-6H,3-4,7-9,14H2,1-2H3;1H. The Bertz CT molecular complexity index is 413. The van der Waals surface area contributed by atoms with Crippen LogP contribution in [0.2, 0.25) is 0 Å². The van der Waals surface area contributed by atoms with Gasteiger partial charge in [0.15, 0.2) is 0 Å². The average Bonchev–Trinajstić information content (AvgIpc) is 2.88. The molecule has 1 aliphatic carbocycles. The van der Waals surface area contributed by atoms with Crippen LogP contribution in [0.5, 0.6) is 0 Å². The van der Waals surface area contributed by atoms with Crippen molar-refractivity contribution in [1.29, 1.82) is 0 Å². The van der Waals surface area contributed by atoms with Crippen LogP contribution in [0, 0.1) is 6.92 Å². The molecule has 1 aromatic heterocycles. The molecule has 5 heteroatoms. The SMILES string of the molecule is Cc1ccc(CN(C)C(=O)C2(N)CCCC2)s1.Cl.